The maximum Gasteiger partial charge on any atom is 0.232 e. The Kier molecular flexibility index (Phi) is 4.96. The van der Waals surface area contributed by atoms with Crippen molar-refractivity contribution in [3.05, 3.63) is 60.7 Å². The maximum atomic E-state index is 11.9. The number of rotatable bonds is 5. The summed E-state index contributed by atoms with van der Waals surface area (Å²) >= 11 is 1.39. The second-order valence-electron chi connectivity index (χ2n) is 5.42. The van der Waals surface area contributed by atoms with Crippen LogP contribution in [-0.2, 0) is 4.79 Å². The fourth-order valence-electron chi connectivity index (χ4n) is 2.20. The lowest BCUT2D eigenvalue weighted by molar-refractivity contribution is -0.125. The van der Waals surface area contributed by atoms with Crippen LogP contribution in [0.15, 0.2) is 65.8 Å². The molecule has 0 spiro atoms. The van der Waals surface area contributed by atoms with E-state index in [-0.39, 0.29) is 5.91 Å². The Balaban J connectivity index is 2.01. The first-order valence-corrected chi connectivity index (χ1v) is 8.54. The van der Waals surface area contributed by atoms with Gasteiger partial charge in [-0.05, 0) is 12.1 Å². The smallest absolute Gasteiger partial charge is 0.232 e. The Labute approximate surface area is 145 Å². The number of aromatic nitrogens is 3. The molecule has 0 saturated carbocycles. The van der Waals surface area contributed by atoms with Crippen molar-refractivity contribution in [1.29, 1.82) is 0 Å². The lowest BCUT2D eigenvalue weighted by Crippen LogP contribution is -2.23. The molecular formula is C18H18N4OS. The molecule has 0 fully saturated rings. The van der Waals surface area contributed by atoms with E-state index in [1.165, 1.54) is 11.8 Å². The molecule has 24 heavy (non-hydrogen) atoms. The van der Waals surface area contributed by atoms with Crippen molar-refractivity contribution < 1.29 is 4.79 Å². The van der Waals surface area contributed by atoms with Crippen LogP contribution in [0.25, 0.3) is 17.1 Å². The van der Waals surface area contributed by atoms with Gasteiger partial charge in [0.25, 0.3) is 0 Å². The van der Waals surface area contributed by atoms with E-state index in [0.717, 1.165) is 17.1 Å². The molecule has 0 radical (unpaired) electrons. The van der Waals surface area contributed by atoms with Crippen LogP contribution in [0.1, 0.15) is 0 Å². The summed E-state index contributed by atoms with van der Waals surface area (Å²) in [6, 6.07) is 19.9. The number of carbonyl (C=O) groups is 1. The molecule has 1 heterocycles. The van der Waals surface area contributed by atoms with Gasteiger partial charge < -0.3 is 4.90 Å². The van der Waals surface area contributed by atoms with E-state index < -0.39 is 0 Å². The Morgan fingerprint density at radius 2 is 1.62 bits per heavy atom. The van der Waals surface area contributed by atoms with E-state index in [1.54, 1.807) is 19.0 Å². The van der Waals surface area contributed by atoms with E-state index in [4.69, 9.17) is 0 Å². The van der Waals surface area contributed by atoms with Crippen molar-refractivity contribution >= 4 is 17.7 Å². The van der Waals surface area contributed by atoms with Gasteiger partial charge in [-0.15, -0.1) is 10.2 Å². The number of hydrogen-bond acceptors (Lipinski definition) is 4. The highest BCUT2D eigenvalue weighted by Gasteiger charge is 2.17. The summed E-state index contributed by atoms with van der Waals surface area (Å²) < 4.78 is 1.99. The molecule has 2 aromatic carbocycles. The van der Waals surface area contributed by atoms with Gasteiger partial charge in [0.05, 0.1) is 5.75 Å². The van der Waals surface area contributed by atoms with Gasteiger partial charge in [0.1, 0.15) is 0 Å². The number of amides is 1. The normalized spacial score (nSPS) is 10.6. The molecule has 6 heteroatoms. The van der Waals surface area contributed by atoms with Crippen LogP contribution in [0.2, 0.25) is 0 Å². The van der Waals surface area contributed by atoms with Crippen LogP contribution in [0, 0.1) is 0 Å². The quantitative estimate of drug-likeness (QED) is 0.671. The van der Waals surface area contributed by atoms with Crippen LogP contribution >= 0.6 is 11.8 Å². The summed E-state index contributed by atoms with van der Waals surface area (Å²) in [5.74, 6) is 1.14. The first-order valence-electron chi connectivity index (χ1n) is 7.56. The molecule has 5 nitrogen and oxygen atoms in total. The minimum Gasteiger partial charge on any atom is -0.348 e. The third-order valence-electron chi connectivity index (χ3n) is 3.50. The lowest BCUT2D eigenvalue weighted by Gasteiger charge is -2.12. The fourth-order valence-corrected chi connectivity index (χ4v) is 3.13. The third kappa shape index (κ3) is 3.49. The molecule has 0 aliphatic carbocycles. The zero-order valence-electron chi connectivity index (χ0n) is 13.6. The number of benzene rings is 2. The van der Waals surface area contributed by atoms with E-state index >= 15 is 0 Å². The van der Waals surface area contributed by atoms with Gasteiger partial charge in [0.2, 0.25) is 5.91 Å². The molecule has 1 aromatic heterocycles. The molecule has 3 rings (SSSR count). The molecule has 0 aliphatic heterocycles. The third-order valence-corrected chi connectivity index (χ3v) is 4.42. The molecule has 0 N–H and O–H groups in total. The van der Waals surface area contributed by atoms with Crippen LogP contribution in [0.4, 0.5) is 0 Å². The average molecular weight is 338 g/mol. The van der Waals surface area contributed by atoms with E-state index in [2.05, 4.69) is 10.2 Å². The van der Waals surface area contributed by atoms with Gasteiger partial charge in [0.15, 0.2) is 11.0 Å². The summed E-state index contributed by atoms with van der Waals surface area (Å²) in [5, 5.41) is 9.36. The van der Waals surface area contributed by atoms with Crippen LogP contribution in [0.5, 0.6) is 0 Å². The first kappa shape index (κ1) is 16.3. The summed E-state index contributed by atoms with van der Waals surface area (Å²) in [5.41, 5.74) is 1.96. The molecule has 0 bridgehead atoms. The molecule has 122 valence electrons. The average Bonchev–Trinajstić information content (AvgIpc) is 3.05. The number of para-hydroxylation sites is 1. The summed E-state index contributed by atoms with van der Waals surface area (Å²) in [7, 11) is 3.50. The predicted molar refractivity (Wildman–Crippen MR) is 96.2 cm³/mol. The highest BCUT2D eigenvalue weighted by Crippen LogP contribution is 2.27. The maximum absolute atomic E-state index is 11.9. The van der Waals surface area contributed by atoms with Crippen molar-refractivity contribution in [2.45, 2.75) is 5.16 Å². The first-order chi connectivity index (χ1) is 11.7. The Bertz CT molecular complexity index is 816. The largest absolute Gasteiger partial charge is 0.348 e. The zero-order valence-corrected chi connectivity index (χ0v) is 14.4. The number of nitrogens with zero attached hydrogens (tertiary/aromatic N) is 4. The van der Waals surface area contributed by atoms with Gasteiger partial charge in [-0.25, -0.2) is 0 Å². The number of carbonyl (C=O) groups excluding carboxylic acids is 1. The SMILES string of the molecule is CN(C)C(=O)CSc1nnc(-c2ccccc2)n1-c1ccccc1. The minimum absolute atomic E-state index is 0.0453. The second kappa shape index (κ2) is 7.31. The predicted octanol–water partition coefficient (Wildman–Crippen LogP) is 3.11. The van der Waals surface area contributed by atoms with E-state index in [9.17, 15) is 4.79 Å². The van der Waals surface area contributed by atoms with Crippen molar-refractivity contribution in [3.63, 3.8) is 0 Å². The van der Waals surface area contributed by atoms with Crippen LogP contribution < -0.4 is 0 Å². The standard InChI is InChI=1S/C18H18N4OS/c1-21(2)16(23)13-24-18-20-19-17(14-9-5-3-6-10-14)22(18)15-11-7-4-8-12-15/h3-12H,13H2,1-2H3. The molecule has 0 saturated heterocycles. The Hall–Kier alpha value is -2.60. The highest BCUT2D eigenvalue weighted by atomic mass is 32.2. The van der Waals surface area contributed by atoms with Gasteiger partial charge >= 0.3 is 0 Å². The lowest BCUT2D eigenvalue weighted by atomic mass is 10.2. The Morgan fingerprint density at radius 3 is 2.25 bits per heavy atom. The van der Waals surface area contributed by atoms with Crippen LogP contribution in [0.3, 0.4) is 0 Å². The summed E-state index contributed by atoms with van der Waals surface area (Å²) in [4.78, 5) is 13.5. The summed E-state index contributed by atoms with van der Waals surface area (Å²) in [6.07, 6.45) is 0. The molecule has 0 atom stereocenters. The van der Waals surface area contributed by atoms with Crippen molar-refractivity contribution in [2.75, 3.05) is 19.8 Å². The van der Waals surface area contributed by atoms with Crippen molar-refractivity contribution in [2.24, 2.45) is 0 Å². The second-order valence-corrected chi connectivity index (χ2v) is 6.36. The molecular weight excluding hydrogens is 320 g/mol. The molecule has 3 aromatic rings. The van der Waals surface area contributed by atoms with Gasteiger partial charge in [0, 0.05) is 25.3 Å². The Morgan fingerprint density at radius 1 is 1.00 bits per heavy atom. The van der Waals surface area contributed by atoms with Gasteiger partial charge in [-0.1, -0.05) is 60.3 Å². The molecule has 0 aliphatic rings. The van der Waals surface area contributed by atoms with Crippen molar-refractivity contribution in [3.8, 4) is 17.1 Å². The van der Waals surface area contributed by atoms with Gasteiger partial charge in [-0.2, -0.15) is 0 Å². The van der Waals surface area contributed by atoms with Gasteiger partial charge in [-0.3, -0.25) is 9.36 Å². The number of hydrogen-bond donors (Lipinski definition) is 0. The van der Waals surface area contributed by atoms with Crippen molar-refractivity contribution in [1.82, 2.24) is 19.7 Å². The highest BCUT2D eigenvalue weighted by molar-refractivity contribution is 7.99. The summed E-state index contributed by atoms with van der Waals surface area (Å²) in [6.45, 7) is 0. The fraction of sp³-hybridized carbons (Fsp3) is 0.167. The minimum atomic E-state index is 0.0453. The zero-order chi connectivity index (χ0) is 16.9. The van der Waals surface area contributed by atoms with Crippen LogP contribution in [-0.4, -0.2) is 45.4 Å². The van der Waals surface area contributed by atoms with E-state index in [0.29, 0.717) is 10.9 Å². The topological polar surface area (TPSA) is 51.0 Å². The monoisotopic (exact) mass is 338 g/mol. The number of thioether (sulfide) groups is 1. The van der Waals surface area contributed by atoms with E-state index in [1.807, 2.05) is 65.2 Å². The molecule has 1 amide bonds. The molecule has 0 unspecified atom stereocenters.